The molecule has 184 valence electrons. The summed E-state index contributed by atoms with van der Waals surface area (Å²) in [4.78, 5) is 42.6. The van der Waals surface area contributed by atoms with Crippen molar-refractivity contribution < 1.29 is 19.8 Å². The number of nitrogens with one attached hydrogen (secondary N) is 2. The van der Waals surface area contributed by atoms with Crippen molar-refractivity contribution in [3.05, 3.63) is 90.5 Å². The molecule has 3 aromatic rings. The quantitative estimate of drug-likeness (QED) is 0.334. The van der Waals surface area contributed by atoms with Gasteiger partial charge in [-0.1, -0.05) is 29.8 Å². The molecule has 0 radical (unpaired) electrons. The minimum atomic E-state index is -1.04. The molecule has 0 unspecified atom stereocenters. The summed E-state index contributed by atoms with van der Waals surface area (Å²) in [7, 11) is 0. The van der Waals surface area contributed by atoms with Gasteiger partial charge < -0.3 is 15.5 Å². The monoisotopic (exact) mass is 524 g/mol. The molecule has 0 fully saturated rings. The lowest BCUT2D eigenvalue weighted by molar-refractivity contribution is -0.138. The number of aromatic amines is 1. The number of amides is 1. The van der Waals surface area contributed by atoms with Crippen molar-refractivity contribution >= 4 is 47.3 Å². The summed E-state index contributed by atoms with van der Waals surface area (Å²) in [6.45, 7) is 0.243. The number of fused-ring (bicyclic) bond motifs is 1. The standard InChI is InChI=1S/C25H21ClN4O5S/c26-14-5-7-15(8-6-14)30-24(35)18(23(34)29-25(30)36)13-20-17(16-3-1-2-4-19(16)28-20)11-12-27-21(31)9-10-22(32)33/h1-8,13,35H,9-12H2,(H,27,31)(H,32,33)(H,29,34,36). The highest BCUT2D eigenvalue weighted by Crippen LogP contribution is 2.26. The van der Waals surface area contributed by atoms with Crippen molar-refractivity contribution in [1.29, 1.82) is 0 Å². The van der Waals surface area contributed by atoms with Gasteiger partial charge in [-0.2, -0.15) is 0 Å². The zero-order chi connectivity index (χ0) is 25.8. The molecule has 36 heavy (non-hydrogen) atoms. The molecule has 1 aliphatic heterocycles. The number of para-hydroxylation sites is 1. The van der Waals surface area contributed by atoms with E-state index in [0.717, 1.165) is 10.8 Å². The number of carboxylic acids is 1. The van der Waals surface area contributed by atoms with E-state index in [0.29, 0.717) is 28.2 Å². The molecule has 0 aliphatic carbocycles. The normalized spacial score (nSPS) is 13.4. The number of H-pyrrole nitrogens is 1. The van der Waals surface area contributed by atoms with Crippen LogP contribution in [-0.4, -0.2) is 38.2 Å². The molecule has 0 atom stereocenters. The van der Waals surface area contributed by atoms with Crippen LogP contribution in [0.25, 0.3) is 17.3 Å². The molecular weight excluding hydrogens is 504 g/mol. The molecule has 0 spiro atoms. The molecule has 4 N–H and O–H groups in total. The van der Waals surface area contributed by atoms with E-state index in [-0.39, 0.29) is 41.5 Å². The van der Waals surface area contributed by atoms with Crippen LogP contribution < -0.4 is 21.5 Å². The average molecular weight is 525 g/mol. The number of aromatic hydroxyl groups is 1. The molecule has 2 heterocycles. The second kappa shape index (κ2) is 10.7. The first kappa shape index (κ1) is 25.1. The van der Waals surface area contributed by atoms with Crippen molar-refractivity contribution in [3.63, 3.8) is 0 Å². The maximum absolute atomic E-state index is 12.8. The maximum atomic E-state index is 12.8. The molecule has 0 bridgehead atoms. The first-order chi connectivity index (χ1) is 17.2. The average Bonchev–Trinajstić information content (AvgIpc) is 3.18. The SMILES string of the molecule is O=C(O)CCC(=O)NCCC1=c2ccccc2=NC1=Cc1c(O)n(-c2ccc(Cl)cc2)c(=S)[nH]c1=O. The van der Waals surface area contributed by atoms with Crippen LogP contribution in [0.3, 0.4) is 0 Å². The minimum absolute atomic E-state index is 0.0156. The number of aliphatic carboxylic acids is 1. The number of aromatic nitrogens is 2. The molecule has 1 amide bonds. The van der Waals surface area contributed by atoms with Crippen LogP contribution in [0.1, 0.15) is 24.8 Å². The van der Waals surface area contributed by atoms with E-state index < -0.39 is 11.5 Å². The lowest BCUT2D eigenvalue weighted by Crippen LogP contribution is -2.27. The number of allylic oxidation sites excluding steroid dienone is 1. The molecule has 4 rings (SSSR count). The summed E-state index contributed by atoms with van der Waals surface area (Å²) in [5.41, 5.74) is 1.12. The van der Waals surface area contributed by atoms with Gasteiger partial charge in [-0.15, -0.1) is 0 Å². The van der Waals surface area contributed by atoms with E-state index in [9.17, 15) is 19.5 Å². The van der Waals surface area contributed by atoms with Gasteiger partial charge in [0, 0.05) is 23.2 Å². The van der Waals surface area contributed by atoms with Crippen LogP contribution in [-0.2, 0) is 9.59 Å². The fourth-order valence-corrected chi connectivity index (χ4v) is 4.23. The van der Waals surface area contributed by atoms with Crippen molar-refractivity contribution in [2.24, 2.45) is 4.99 Å². The molecule has 11 heteroatoms. The third-order valence-electron chi connectivity index (χ3n) is 5.53. The minimum Gasteiger partial charge on any atom is -0.494 e. The lowest BCUT2D eigenvalue weighted by atomic mass is 10.1. The lowest BCUT2D eigenvalue weighted by Gasteiger charge is -2.12. The summed E-state index contributed by atoms with van der Waals surface area (Å²) >= 11 is 11.2. The Labute approximate surface area is 214 Å². The zero-order valence-corrected chi connectivity index (χ0v) is 20.4. The highest BCUT2D eigenvalue weighted by molar-refractivity contribution is 7.71. The Morgan fingerprint density at radius 1 is 1.14 bits per heavy atom. The number of rotatable bonds is 8. The maximum Gasteiger partial charge on any atom is 0.303 e. The third kappa shape index (κ3) is 5.45. The Bertz CT molecular complexity index is 1620. The van der Waals surface area contributed by atoms with E-state index in [1.165, 1.54) is 10.6 Å². The Kier molecular flexibility index (Phi) is 7.47. The Balaban J connectivity index is 1.71. The number of carbonyl (C=O) groups is 2. The Morgan fingerprint density at radius 3 is 2.58 bits per heavy atom. The van der Waals surface area contributed by atoms with Gasteiger partial charge in [-0.05, 0) is 60.6 Å². The van der Waals surface area contributed by atoms with Gasteiger partial charge in [0.1, 0.15) is 5.56 Å². The number of benzene rings is 2. The summed E-state index contributed by atoms with van der Waals surface area (Å²) in [6.07, 6.45) is 1.49. The Morgan fingerprint density at radius 2 is 1.86 bits per heavy atom. The largest absolute Gasteiger partial charge is 0.494 e. The molecule has 1 aliphatic rings. The van der Waals surface area contributed by atoms with Gasteiger partial charge >= 0.3 is 5.97 Å². The number of carbonyl (C=O) groups excluding carboxylic acids is 1. The van der Waals surface area contributed by atoms with E-state index in [2.05, 4.69) is 15.3 Å². The van der Waals surface area contributed by atoms with Gasteiger partial charge in [0.25, 0.3) is 5.56 Å². The van der Waals surface area contributed by atoms with Crippen molar-refractivity contribution in [2.45, 2.75) is 19.3 Å². The fraction of sp³-hybridized carbons (Fsp3) is 0.160. The summed E-state index contributed by atoms with van der Waals surface area (Å²) in [5.74, 6) is -1.77. The Hall–Kier alpha value is -4.02. The van der Waals surface area contributed by atoms with Gasteiger partial charge in [0.15, 0.2) is 4.77 Å². The van der Waals surface area contributed by atoms with Gasteiger partial charge in [-0.3, -0.25) is 23.9 Å². The topological polar surface area (TPSA) is 137 Å². The van der Waals surface area contributed by atoms with Gasteiger partial charge in [0.05, 0.1) is 23.2 Å². The van der Waals surface area contributed by atoms with Gasteiger partial charge in [0.2, 0.25) is 11.8 Å². The molecule has 0 saturated carbocycles. The van der Waals surface area contributed by atoms with Crippen molar-refractivity contribution in [1.82, 2.24) is 14.9 Å². The third-order valence-corrected chi connectivity index (χ3v) is 6.07. The van der Waals surface area contributed by atoms with E-state index >= 15 is 0 Å². The summed E-state index contributed by atoms with van der Waals surface area (Å²) < 4.78 is 1.34. The first-order valence-electron chi connectivity index (χ1n) is 11.0. The summed E-state index contributed by atoms with van der Waals surface area (Å²) in [5, 5.41) is 24.5. The second-order valence-electron chi connectivity index (χ2n) is 7.94. The second-order valence-corrected chi connectivity index (χ2v) is 8.76. The number of hydrogen-bond acceptors (Lipinski definition) is 6. The number of carboxylic acid groups (broad SMARTS) is 1. The van der Waals surface area contributed by atoms with Gasteiger partial charge in [-0.25, -0.2) is 4.99 Å². The van der Waals surface area contributed by atoms with Crippen LogP contribution >= 0.6 is 23.8 Å². The highest BCUT2D eigenvalue weighted by atomic mass is 35.5. The highest BCUT2D eigenvalue weighted by Gasteiger charge is 2.18. The number of nitrogens with zero attached hydrogens (tertiary/aromatic N) is 2. The smallest absolute Gasteiger partial charge is 0.303 e. The van der Waals surface area contributed by atoms with Crippen LogP contribution in [0, 0.1) is 4.77 Å². The van der Waals surface area contributed by atoms with E-state index in [1.807, 2.05) is 24.3 Å². The van der Waals surface area contributed by atoms with E-state index in [4.69, 9.17) is 28.9 Å². The zero-order valence-electron chi connectivity index (χ0n) is 18.8. The number of halogens is 1. The molecule has 0 saturated heterocycles. The van der Waals surface area contributed by atoms with Crippen LogP contribution in [0.5, 0.6) is 5.88 Å². The van der Waals surface area contributed by atoms with Crippen LogP contribution in [0.2, 0.25) is 5.02 Å². The molecule has 2 aromatic carbocycles. The fourth-order valence-electron chi connectivity index (χ4n) is 3.81. The van der Waals surface area contributed by atoms with Crippen molar-refractivity contribution in [3.8, 4) is 11.6 Å². The molecular formula is C25H21ClN4O5S. The molecule has 9 nitrogen and oxygen atoms in total. The van der Waals surface area contributed by atoms with Crippen LogP contribution in [0.4, 0.5) is 0 Å². The first-order valence-corrected chi connectivity index (χ1v) is 11.7. The predicted molar refractivity (Wildman–Crippen MR) is 137 cm³/mol. The van der Waals surface area contributed by atoms with Crippen molar-refractivity contribution in [2.75, 3.05) is 6.54 Å². The predicted octanol–water partition coefficient (Wildman–Crippen LogP) is 2.45. The molecule has 1 aromatic heterocycles. The number of hydrogen-bond donors (Lipinski definition) is 4. The van der Waals surface area contributed by atoms with E-state index in [1.54, 1.807) is 24.3 Å². The van der Waals surface area contributed by atoms with Crippen LogP contribution in [0.15, 0.2) is 64.0 Å². The summed E-state index contributed by atoms with van der Waals surface area (Å²) in [6, 6.07) is 14.0.